The van der Waals surface area contributed by atoms with Gasteiger partial charge in [0.25, 0.3) is 11.8 Å². The molecule has 1 saturated heterocycles. The van der Waals surface area contributed by atoms with Crippen molar-refractivity contribution < 1.29 is 9.59 Å². The predicted octanol–water partition coefficient (Wildman–Crippen LogP) is 7.75. The molecule has 0 radical (unpaired) electrons. The summed E-state index contributed by atoms with van der Waals surface area (Å²) >= 11 is 6.03. The Labute approximate surface area is 257 Å². The van der Waals surface area contributed by atoms with E-state index < -0.39 is 0 Å². The Hall–Kier alpha value is -4.39. The molecule has 4 aromatic rings. The van der Waals surface area contributed by atoms with Crippen molar-refractivity contribution in [2.45, 2.75) is 38.8 Å². The van der Waals surface area contributed by atoms with Crippen LogP contribution < -0.4 is 16.0 Å². The van der Waals surface area contributed by atoms with Crippen LogP contribution in [0.1, 0.15) is 64.8 Å². The number of carbonyl (C=O) groups is 2. The molecule has 43 heavy (non-hydrogen) atoms. The maximum atomic E-state index is 13.5. The van der Waals surface area contributed by atoms with Crippen molar-refractivity contribution in [2.24, 2.45) is 0 Å². The summed E-state index contributed by atoms with van der Waals surface area (Å²) < 4.78 is 0. The topological polar surface area (TPSA) is 73.5 Å². The van der Waals surface area contributed by atoms with E-state index in [1.54, 1.807) is 18.2 Å². The molecule has 0 aliphatic carbocycles. The quantitative estimate of drug-likeness (QED) is 0.183. The highest BCUT2D eigenvalue weighted by Crippen LogP contribution is 2.38. The highest BCUT2D eigenvalue weighted by molar-refractivity contribution is 6.37. The summed E-state index contributed by atoms with van der Waals surface area (Å²) in [5, 5.41) is 10.3. The maximum absolute atomic E-state index is 13.5. The van der Waals surface area contributed by atoms with Gasteiger partial charge in [0.1, 0.15) is 0 Å². The molecular formula is C36H35ClN4O2. The monoisotopic (exact) mass is 590 g/mol. The van der Waals surface area contributed by atoms with Crippen molar-refractivity contribution in [3.8, 4) is 0 Å². The molecule has 4 aromatic carbocycles. The number of hydrogen-bond acceptors (Lipinski definition) is 4. The van der Waals surface area contributed by atoms with E-state index >= 15 is 0 Å². The van der Waals surface area contributed by atoms with Crippen molar-refractivity contribution in [1.29, 1.82) is 0 Å². The van der Waals surface area contributed by atoms with E-state index in [2.05, 4.69) is 39.0 Å². The third kappa shape index (κ3) is 6.66. The summed E-state index contributed by atoms with van der Waals surface area (Å²) in [6.45, 7) is 5.09. The fourth-order valence-electron chi connectivity index (χ4n) is 5.82. The summed E-state index contributed by atoms with van der Waals surface area (Å²) in [5.74, 6) is -0.429. The molecule has 2 amide bonds. The van der Waals surface area contributed by atoms with Crippen LogP contribution in [0.2, 0.25) is 5.02 Å². The van der Waals surface area contributed by atoms with Crippen LogP contribution in [0, 0.1) is 0 Å². The largest absolute Gasteiger partial charge is 0.354 e. The van der Waals surface area contributed by atoms with E-state index in [0.29, 0.717) is 33.1 Å². The summed E-state index contributed by atoms with van der Waals surface area (Å²) in [7, 11) is 0. The van der Waals surface area contributed by atoms with E-state index in [1.807, 2.05) is 67.6 Å². The number of fused-ring (bicyclic) bond motifs is 1. The lowest BCUT2D eigenvalue weighted by Gasteiger charge is -2.26. The maximum Gasteiger partial charge on any atom is 0.258 e. The van der Waals surface area contributed by atoms with Crippen LogP contribution in [0.3, 0.4) is 0 Å². The summed E-state index contributed by atoms with van der Waals surface area (Å²) in [4.78, 5) is 29.3. The normalized spacial score (nSPS) is 16.7. The van der Waals surface area contributed by atoms with Gasteiger partial charge in [0, 0.05) is 34.1 Å². The number of likely N-dealkylation sites (tertiary alicyclic amines) is 1. The molecule has 218 valence electrons. The van der Waals surface area contributed by atoms with Crippen molar-refractivity contribution in [1.82, 2.24) is 10.2 Å². The molecule has 2 heterocycles. The minimum atomic E-state index is -0.219. The second-order valence-corrected chi connectivity index (χ2v) is 11.7. The number of nitrogens with one attached hydrogen (secondary N) is 3. The van der Waals surface area contributed by atoms with Crippen molar-refractivity contribution in [3.63, 3.8) is 0 Å². The number of nitrogens with zero attached hydrogens (tertiary/aromatic N) is 1. The summed E-state index contributed by atoms with van der Waals surface area (Å²) in [6.07, 6.45) is 3.80. The Balaban J connectivity index is 1.32. The van der Waals surface area contributed by atoms with Gasteiger partial charge < -0.3 is 16.0 Å². The van der Waals surface area contributed by atoms with Gasteiger partial charge in [0.15, 0.2) is 0 Å². The van der Waals surface area contributed by atoms with Crippen LogP contribution in [0.25, 0.3) is 11.3 Å². The number of halogens is 1. The molecule has 1 fully saturated rings. The molecule has 0 saturated carbocycles. The third-order valence-electron chi connectivity index (χ3n) is 8.11. The van der Waals surface area contributed by atoms with Gasteiger partial charge in [0.2, 0.25) is 0 Å². The average Bonchev–Trinajstić information content (AvgIpc) is 3.36. The minimum Gasteiger partial charge on any atom is -0.354 e. The second-order valence-electron chi connectivity index (χ2n) is 11.2. The first kappa shape index (κ1) is 28.7. The van der Waals surface area contributed by atoms with Gasteiger partial charge in [-0.25, -0.2) is 0 Å². The number of benzene rings is 4. The molecular weight excluding hydrogens is 556 g/mol. The SMILES string of the molecule is C[C@@H](NC(=O)c1ccc2c(c1)/C(=C(/Nc1cccc(CN3CCCCC3)c1)c1ccccc1)C(=O)N2)c1ccc(Cl)cc1. The van der Waals surface area contributed by atoms with Gasteiger partial charge in [-0.2, -0.15) is 0 Å². The molecule has 2 aliphatic heterocycles. The van der Waals surface area contributed by atoms with Crippen LogP contribution in [0.15, 0.2) is 97.1 Å². The smallest absolute Gasteiger partial charge is 0.258 e. The van der Waals surface area contributed by atoms with E-state index in [1.165, 1.54) is 24.8 Å². The molecule has 3 N–H and O–H groups in total. The zero-order chi connectivity index (χ0) is 29.8. The average molecular weight is 591 g/mol. The first-order valence-electron chi connectivity index (χ1n) is 14.8. The van der Waals surface area contributed by atoms with Gasteiger partial charge in [-0.3, -0.25) is 14.5 Å². The molecule has 1 atom stereocenters. The summed E-state index contributed by atoms with van der Waals surface area (Å²) in [5.41, 5.74) is 7.01. The molecule has 6 nitrogen and oxygen atoms in total. The minimum absolute atomic E-state index is 0.210. The Bertz CT molecular complexity index is 1660. The Morgan fingerprint density at radius 2 is 1.65 bits per heavy atom. The van der Waals surface area contributed by atoms with Crippen molar-refractivity contribution in [3.05, 3.63) is 130 Å². The number of amides is 2. The number of carbonyl (C=O) groups excluding carboxylic acids is 2. The van der Waals surface area contributed by atoms with Crippen LogP contribution in [0.4, 0.5) is 11.4 Å². The van der Waals surface area contributed by atoms with Crippen LogP contribution in [0.5, 0.6) is 0 Å². The van der Waals surface area contributed by atoms with Gasteiger partial charge in [-0.15, -0.1) is 0 Å². The Morgan fingerprint density at radius 1 is 0.884 bits per heavy atom. The van der Waals surface area contributed by atoms with Gasteiger partial charge in [-0.1, -0.05) is 72.6 Å². The van der Waals surface area contributed by atoms with Crippen LogP contribution in [-0.2, 0) is 11.3 Å². The molecule has 0 bridgehead atoms. The van der Waals surface area contributed by atoms with Gasteiger partial charge in [-0.05, 0) is 92.0 Å². The van der Waals surface area contributed by atoms with E-state index in [-0.39, 0.29) is 17.9 Å². The van der Waals surface area contributed by atoms with E-state index in [9.17, 15) is 9.59 Å². The van der Waals surface area contributed by atoms with Crippen molar-refractivity contribution in [2.75, 3.05) is 23.7 Å². The molecule has 2 aliphatic rings. The first-order chi connectivity index (χ1) is 20.9. The highest BCUT2D eigenvalue weighted by Gasteiger charge is 2.29. The van der Waals surface area contributed by atoms with E-state index in [4.69, 9.17) is 11.6 Å². The Morgan fingerprint density at radius 3 is 2.42 bits per heavy atom. The predicted molar refractivity (Wildman–Crippen MR) is 175 cm³/mol. The molecule has 0 unspecified atom stereocenters. The van der Waals surface area contributed by atoms with Crippen LogP contribution in [-0.4, -0.2) is 29.8 Å². The summed E-state index contributed by atoms with van der Waals surface area (Å²) in [6, 6.07) is 30.8. The van der Waals surface area contributed by atoms with Crippen molar-refractivity contribution >= 4 is 46.1 Å². The molecule has 6 rings (SSSR count). The number of anilines is 2. The first-order valence-corrected chi connectivity index (χ1v) is 15.2. The molecule has 0 aromatic heterocycles. The van der Waals surface area contributed by atoms with E-state index in [0.717, 1.165) is 36.4 Å². The molecule has 0 spiro atoms. The highest BCUT2D eigenvalue weighted by atomic mass is 35.5. The standard InChI is InChI=1S/C36H35ClN4O2/c1-24(26-13-16-29(37)17-14-26)38-35(42)28-15-18-32-31(22-28)33(36(43)40-32)34(27-10-4-2-5-11-27)39-30-12-8-9-25(21-30)23-41-19-6-3-7-20-41/h2,4-5,8-18,21-22,24,39H,3,6-7,19-20,23H2,1H3,(H,38,42)(H,40,43)/b34-33-/t24-/m1/s1. The lowest BCUT2D eigenvalue weighted by Crippen LogP contribution is -2.29. The Kier molecular flexibility index (Phi) is 8.59. The zero-order valence-electron chi connectivity index (χ0n) is 24.2. The fourth-order valence-corrected chi connectivity index (χ4v) is 5.95. The van der Waals surface area contributed by atoms with Gasteiger partial charge in [0.05, 0.1) is 17.3 Å². The lowest BCUT2D eigenvalue weighted by molar-refractivity contribution is -0.110. The number of piperidine rings is 1. The molecule has 7 heteroatoms. The second kappa shape index (κ2) is 12.9. The van der Waals surface area contributed by atoms with Crippen LogP contribution >= 0.6 is 11.6 Å². The number of hydrogen-bond donors (Lipinski definition) is 3. The third-order valence-corrected chi connectivity index (χ3v) is 8.36. The number of rotatable bonds is 8. The lowest BCUT2D eigenvalue weighted by atomic mass is 9.98. The van der Waals surface area contributed by atoms with Gasteiger partial charge >= 0.3 is 0 Å². The fraction of sp³-hybridized carbons (Fsp3) is 0.222. The zero-order valence-corrected chi connectivity index (χ0v) is 25.0.